The number of rotatable bonds is 3. The molecule has 9 heteroatoms. The Morgan fingerprint density at radius 3 is 2.86 bits per heavy atom. The molecule has 0 aromatic carbocycles. The summed E-state index contributed by atoms with van der Waals surface area (Å²) in [5.74, 6) is -1.00. The second-order valence-electron chi connectivity index (χ2n) is 6.00. The number of amides is 1. The summed E-state index contributed by atoms with van der Waals surface area (Å²) in [5, 5.41) is 6.41. The summed E-state index contributed by atoms with van der Waals surface area (Å²) in [5.41, 5.74) is 7.70. The Balaban J connectivity index is 1.93. The van der Waals surface area contributed by atoms with Crippen molar-refractivity contribution >= 4 is 5.91 Å². The van der Waals surface area contributed by atoms with Gasteiger partial charge in [-0.15, -0.1) is 0 Å². The summed E-state index contributed by atoms with van der Waals surface area (Å²) < 4.78 is 23.4. The minimum Gasteiger partial charge on any atom is -0.347 e. The van der Waals surface area contributed by atoms with Crippen LogP contribution in [0.3, 0.4) is 0 Å². The fourth-order valence-electron chi connectivity index (χ4n) is 3.17. The van der Waals surface area contributed by atoms with E-state index in [0.717, 1.165) is 0 Å². The molecule has 1 N–H and O–H groups in total. The number of nitrogens with zero attached hydrogens (tertiary/aromatic N) is 3. The molecule has 9 nitrogen and oxygen atoms in total. The lowest BCUT2D eigenvalue weighted by atomic mass is 9.88. The topological polar surface area (TPSA) is 115 Å². The molecule has 0 aliphatic carbocycles. The predicted octanol–water partition coefficient (Wildman–Crippen LogP) is 0.447. The van der Waals surface area contributed by atoms with Gasteiger partial charge in [0.2, 0.25) is 5.91 Å². The lowest BCUT2D eigenvalue weighted by Gasteiger charge is -2.41. The van der Waals surface area contributed by atoms with Crippen LogP contribution in [0.15, 0.2) is 5.11 Å². The zero-order valence-corrected chi connectivity index (χ0v) is 12.1. The Labute approximate surface area is 121 Å². The van der Waals surface area contributed by atoms with Crippen molar-refractivity contribution in [3.8, 4) is 0 Å². The van der Waals surface area contributed by atoms with E-state index in [1.807, 2.05) is 0 Å². The van der Waals surface area contributed by atoms with Gasteiger partial charge in [-0.05, 0) is 19.4 Å². The second kappa shape index (κ2) is 4.82. The van der Waals surface area contributed by atoms with Gasteiger partial charge < -0.3 is 24.3 Å². The number of carbonyl (C=O) groups excluding carboxylic acids is 1. The second-order valence-corrected chi connectivity index (χ2v) is 6.00. The standard InChI is InChI=1S/C12H18N4O5/c1-6(17)15-7-8-9(20-11(2,3)19-8)12(4-14-16-13)5-18-10(7)21-12/h7-10H,4-5H2,1-3H3,(H,15,17)/t7-,8-,9-,10+,12+/m1/s1. The highest BCUT2D eigenvalue weighted by Crippen LogP contribution is 2.46. The van der Waals surface area contributed by atoms with Crippen LogP contribution in [0.5, 0.6) is 0 Å². The van der Waals surface area contributed by atoms with E-state index in [1.165, 1.54) is 6.92 Å². The summed E-state index contributed by atoms with van der Waals surface area (Å²) in [6, 6.07) is -0.462. The van der Waals surface area contributed by atoms with E-state index in [1.54, 1.807) is 13.8 Å². The molecule has 0 saturated carbocycles. The van der Waals surface area contributed by atoms with Crippen LogP contribution in [0.1, 0.15) is 20.8 Å². The third kappa shape index (κ3) is 2.37. The monoisotopic (exact) mass is 298 g/mol. The maximum atomic E-state index is 11.4. The fraction of sp³-hybridized carbons (Fsp3) is 0.917. The van der Waals surface area contributed by atoms with E-state index in [-0.39, 0.29) is 19.1 Å². The molecule has 1 amide bonds. The highest BCUT2D eigenvalue weighted by molar-refractivity contribution is 5.73. The van der Waals surface area contributed by atoms with E-state index >= 15 is 0 Å². The smallest absolute Gasteiger partial charge is 0.217 e. The molecule has 0 unspecified atom stereocenters. The first-order chi connectivity index (χ1) is 9.87. The molecule has 3 rings (SSSR count). The number of carbonyl (C=O) groups is 1. The van der Waals surface area contributed by atoms with E-state index in [9.17, 15) is 4.79 Å². The molecule has 3 aliphatic rings. The molecule has 0 spiro atoms. The lowest BCUT2D eigenvalue weighted by molar-refractivity contribution is -0.193. The molecular weight excluding hydrogens is 280 g/mol. The van der Waals surface area contributed by atoms with Crippen LogP contribution in [-0.4, -0.2) is 55.0 Å². The summed E-state index contributed by atoms with van der Waals surface area (Å²) >= 11 is 0. The summed E-state index contributed by atoms with van der Waals surface area (Å²) in [6.45, 7) is 5.34. The molecule has 3 aliphatic heterocycles. The number of ether oxygens (including phenoxy) is 4. The van der Waals surface area contributed by atoms with Crippen LogP contribution in [0, 0.1) is 0 Å². The number of azide groups is 1. The van der Waals surface area contributed by atoms with Gasteiger partial charge in [-0.3, -0.25) is 4.79 Å². The average Bonchev–Trinajstić information content (AvgIpc) is 2.93. The van der Waals surface area contributed by atoms with Crippen molar-refractivity contribution in [1.29, 1.82) is 0 Å². The number of nitrogens with one attached hydrogen (secondary N) is 1. The normalized spacial score (nSPS) is 43.0. The number of hydrogen-bond acceptors (Lipinski definition) is 6. The molecule has 21 heavy (non-hydrogen) atoms. The van der Waals surface area contributed by atoms with E-state index in [2.05, 4.69) is 15.3 Å². The molecule has 3 fully saturated rings. The van der Waals surface area contributed by atoms with Crippen molar-refractivity contribution in [2.24, 2.45) is 5.11 Å². The Bertz CT molecular complexity index is 506. The van der Waals surface area contributed by atoms with Crippen molar-refractivity contribution in [3.63, 3.8) is 0 Å². The van der Waals surface area contributed by atoms with Crippen molar-refractivity contribution in [3.05, 3.63) is 10.4 Å². The minimum absolute atomic E-state index is 0.0907. The zero-order valence-electron chi connectivity index (χ0n) is 12.1. The molecule has 0 radical (unpaired) electrons. The van der Waals surface area contributed by atoms with Gasteiger partial charge in [0.1, 0.15) is 23.9 Å². The fourth-order valence-corrected chi connectivity index (χ4v) is 3.17. The molecule has 5 atom stereocenters. The van der Waals surface area contributed by atoms with Gasteiger partial charge in [0, 0.05) is 11.8 Å². The van der Waals surface area contributed by atoms with Gasteiger partial charge in [-0.2, -0.15) is 0 Å². The molecule has 0 aromatic heterocycles. The average molecular weight is 298 g/mol. The maximum absolute atomic E-state index is 11.4. The van der Waals surface area contributed by atoms with Crippen LogP contribution in [-0.2, 0) is 23.7 Å². The first-order valence-corrected chi connectivity index (χ1v) is 6.80. The predicted molar refractivity (Wildman–Crippen MR) is 69.0 cm³/mol. The van der Waals surface area contributed by atoms with Gasteiger partial charge in [-0.1, -0.05) is 5.11 Å². The van der Waals surface area contributed by atoms with E-state index in [0.29, 0.717) is 0 Å². The van der Waals surface area contributed by atoms with Crippen LogP contribution in [0.4, 0.5) is 0 Å². The zero-order chi connectivity index (χ0) is 15.3. The Hall–Kier alpha value is -1.38. The van der Waals surface area contributed by atoms with E-state index < -0.39 is 35.9 Å². The summed E-state index contributed by atoms with van der Waals surface area (Å²) in [7, 11) is 0. The van der Waals surface area contributed by atoms with Crippen molar-refractivity contribution in [2.45, 2.75) is 56.7 Å². The molecule has 116 valence electrons. The Kier molecular flexibility index (Phi) is 3.34. The lowest BCUT2D eigenvalue weighted by Crippen LogP contribution is -2.65. The Morgan fingerprint density at radius 1 is 1.43 bits per heavy atom. The molecule has 3 heterocycles. The number of hydrogen-bond donors (Lipinski definition) is 1. The highest BCUT2D eigenvalue weighted by Gasteiger charge is 2.65. The molecule has 0 aromatic rings. The largest absolute Gasteiger partial charge is 0.347 e. The van der Waals surface area contributed by atoms with Crippen molar-refractivity contribution in [2.75, 3.05) is 13.2 Å². The maximum Gasteiger partial charge on any atom is 0.217 e. The van der Waals surface area contributed by atoms with Crippen LogP contribution in [0.25, 0.3) is 10.4 Å². The van der Waals surface area contributed by atoms with Crippen LogP contribution in [0.2, 0.25) is 0 Å². The van der Waals surface area contributed by atoms with Crippen molar-refractivity contribution < 1.29 is 23.7 Å². The first kappa shape index (κ1) is 14.6. The van der Waals surface area contributed by atoms with Gasteiger partial charge >= 0.3 is 0 Å². The van der Waals surface area contributed by atoms with Gasteiger partial charge in [-0.25, -0.2) is 0 Å². The summed E-state index contributed by atoms with van der Waals surface area (Å²) in [4.78, 5) is 14.2. The first-order valence-electron chi connectivity index (χ1n) is 6.80. The molecular formula is C12H18N4O5. The third-order valence-corrected chi connectivity index (χ3v) is 3.91. The summed E-state index contributed by atoms with van der Waals surface area (Å²) in [6.07, 6.45) is -1.53. The molecule has 2 bridgehead atoms. The third-order valence-electron chi connectivity index (χ3n) is 3.91. The van der Waals surface area contributed by atoms with Crippen LogP contribution < -0.4 is 5.32 Å². The van der Waals surface area contributed by atoms with Gasteiger partial charge in [0.15, 0.2) is 12.1 Å². The number of fused-ring (bicyclic) bond motifs is 4. The van der Waals surface area contributed by atoms with Crippen LogP contribution >= 0.6 is 0 Å². The van der Waals surface area contributed by atoms with Crippen molar-refractivity contribution in [1.82, 2.24) is 5.32 Å². The quantitative estimate of drug-likeness (QED) is 0.461. The van der Waals surface area contributed by atoms with Gasteiger partial charge in [0.05, 0.1) is 13.2 Å². The van der Waals surface area contributed by atoms with Gasteiger partial charge in [0.25, 0.3) is 0 Å². The highest BCUT2D eigenvalue weighted by atomic mass is 16.8. The van der Waals surface area contributed by atoms with E-state index in [4.69, 9.17) is 24.5 Å². The SMILES string of the molecule is CC(=O)N[C@H]1[C@H]2OC[C@](CN=[N+]=[N-])(O2)[C@@H]2OC(C)(C)O[C@H]12. The minimum atomic E-state index is -0.871. The Morgan fingerprint density at radius 2 is 2.19 bits per heavy atom. The molecule has 3 saturated heterocycles.